The molecule has 230 valence electrons. The molecule has 14 heteroatoms. The highest BCUT2D eigenvalue weighted by Crippen LogP contribution is 2.21. The number of carbonyl (C=O) groups excluding carboxylic acids is 3. The van der Waals surface area contributed by atoms with Gasteiger partial charge >= 0.3 is 11.7 Å². The van der Waals surface area contributed by atoms with Crippen LogP contribution in [0.5, 0.6) is 5.75 Å². The number of carbonyl (C=O) groups is 3. The fraction of sp³-hybridized carbons (Fsp3) is 0.345. The number of amides is 2. The number of nitrogens with one attached hydrogen (secondary N) is 2. The number of nitrogens with zero attached hydrogens (tertiary/aromatic N) is 2. The Morgan fingerprint density at radius 1 is 1.07 bits per heavy atom. The highest BCUT2D eigenvalue weighted by Gasteiger charge is 2.33. The molecule has 2 amide bonds. The molecule has 0 bridgehead atoms. The first-order valence-corrected chi connectivity index (χ1v) is 13.0. The molecule has 1 fully saturated rings. The molecule has 43 heavy (non-hydrogen) atoms. The second-order valence-electron chi connectivity index (χ2n) is 9.99. The van der Waals surface area contributed by atoms with E-state index in [0.717, 1.165) is 22.6 Å². The van der Waals surface area contributed by atoms with E-state index in [1.54, 1.807) is 25.0 Å². The summed E-state index contributed by atoms with van der Waals surface area (Å²) in [7, 11) is 1.60. The van der Waals surface area contributed by atoms with Gasteiger partial charge in [0, 0.05) is 30.3 Å². The summed E-state index contributed by atoms with van der Waals surface area (Å²) in [5, 5.41) is 14.3. The highest BCUT2D eigenvalue weighted by molar-refractivity contribution is 5.97. The Bertz CT molecular complexity index is 1560. The van der Waals surface area contributed by atoms with Crippen molar-refractivity contribution in [3.63, 3.8) is 0 Å². The number of aromatic nitrogens is 2. The van der Waals surface area contributed by atoms with Gasteiger partial charge in [-0.25, -0.2) is 4.39 Å². The highest BCUT2D eigenvalue weighted by atomic mass is 19.4. The van der Waals surface area contributed by atoms with Crippen LogP contribution in [0.25, 0.3) is 0 Å². The lowest BCUT2D eigenvalue weighted by molar-refractivity contribution is -0.467. The van der Waals surface area contributed by atoms with Crippen molar-refractivity contribution in [1.82, 2.24) is 14.9 Å². The third kappa shape index (κ3) is 8.17. The first kappa shape index (κ1) is 32.8. The second kappa shape index (κ2) is 13.5. The van der Waals surface area contributed by atoms with Crippen molar-refractivity contribution in [2.75, 3.05) is 20.2 Å². The van der Waals surface area contributed by atoms with Crippen molar-refractivity contribution in [3.05, 3.63) is 92.1 Å². The Balaban J connectivity index is 0.000000646. The van der Waals surface area contributed by atoms with Gasteiger partial charge in [0.25, 0.3) is 5.91 Å². The SMILES string of the molecule is COc1ccc(CN2C(=O)CN(C(=O)c3cc(Cc4[nH+][nH]c(=O)c(C)c4C)ccc3F)CC2C)cc1.O=C([O-])C(F)(F)F. The lowest BCUT2D eigenvalue weighted by Gasteiger charge is -2.39. The number of hydrogen-bond acceptors (Lipinski definition) is 6. The van der Waals surface area contributed by atoms with Gasteiger partial charge in [-0.05, 0) is 56.2 Å². The van der Waals surface area contributed by atoms with Crippen molar-refractivity contribution in [3.8, 4) is 5.75 Å². The summed E-state index contributed by atoms with van der Waals surface area (Å²) in [4.78, 5) is 49.9. The molecule has 2 heterocycles. The number of aromatic amines is 2. The molecule has 0 saturated carbocycles. The normalized spacial score (nSPS) is 15.1. The van der Waals surface area contributed by atoms with E-state index in [9.17, 15) is 31.9 Å². The largest absolute Gasteiger partial charge is 0.542 e. The van der Waals surface area contributed by atoms with Gasteiger partial charge in [0.15, 0.2) is 0 Å². The predicted octanol–water partition coefficient (Wildman–Crippen LogP) is 1.72. The van der Waals surface area contributed by atoms with Crippen molar-refractivity contribution < 1.29 is 46.9 Å². The Labute approximate surface area is 243 Å². The van der Waals surface area contributed by atoms with Crippen LogP contribution in [0.3, 0.4) is 0 Å². The Kier molecular flexibility index (Phi) is 10.3. The van der Waals surface area contributed by atoms with Gasteiger partial charge in [0.2, 0.25) is 11.6 Å². The summed E-state index contributed by atoms with van der Waals surface area (Å²) in [5.74, 6) is -3.61. The third-order valence-corrected chi connectivity index (χ3v) is 7.02. The number of H-pyrrole nitrogens is 2. The van der Waals surface area contributed by atoms with Gasteiger partial charge in [0.05, 0.1) is 19.1 Å². The van der Waals surface area contributed by atoms with E-state index in [2.05, 4.69) is 10.2 Å². The Morgan fingerprint density at radius 3 is 2.23 bits per heavy atom. The van der Waals surface area contributed by atoms with E-state index >= 15 is 0 Å². The number of benzene rings is 2. The summed E-state index contributed by atoms with van der Waals surface area (Å²) < 4.78 is 51.5. The topological polar surface area (TPSA) is 137 Å². The molecule has 2 N–H and O–H groups in total. The van der Waals surface area contributed by atoms with E-state index in [1.165, 1.54) is 17.0 Å². The number of aliphatic carboxylic acids is 1. The molecular weight excluding hydrogens is 576 g/mol. The van der Waals surface area contributed by atoms with Crippen LogP contribution in [0.4, 0.5) is 17.6 Å². The monoisotopic (exact) mass is 606 g/mol. The molecule has 3 aromatic rings. The molecule has 1 aliphatic heterocycles. The lowest BCUT2D eigenvalue weighted by atomic mass is 10.0. The number of ether oxygens (including phenoxy) is 1. The standard InChI is InChI=1S/C27H29FN4O4.C2HF3O2/c1-16-13-31(15-25(33)32(16)14-19-5-8-21(36-4)9-6-19)27(35)22-11-20(7-10-23(22)28)12-24-17(2)18(3)26(34)30-29-24;3-2(4,5)1(6)7/h5-11,16H,12-15H2,1-4H3,(H,30,34);(H,6,7). The summed E-state index contributed by atoms with van der Waals surface area (Å²) in [6.07, 6.45) is -4.81. The number of hydrogen-bond donors (Lipinski definition) is 1. The first-order chi connectivity index (χ1) is 20.1. The van der Waals surface area contributed by atoms with E-state index < -0.39 is 23.9 Å². The van der Waals surface area contributed by atoms with E-state index in [4.69, 9.17) is 14.6 Å². The zero-order valence-electron chi connectivity index (χ0n) is 23.8. The van der Waals surface area contributed by atoms with Crippen molar-refractivity contribution in [1.29, 1.82) is 0 Å². The van der Waals surface area contributed by atoms with Crippen molar-refractivity contribution >= 4 is 17.8 Å². The van der Waals surface area contributed by atoms with Crippen LogP contribution in [-0.2, 0) is 22.6 Å². The number of methoxy groups -OCH3 is 1. The molecule has 1 saturated heterocycles. The zero-order valence-corrected chi connectivity index (χ0v) is 23.8. The zero-order chi connectivity index (χ0) is 32.1. The molecule has 10 nitrogen and oxygen atoms in total. The Morgan fingerprint density at radius 2 is 1.67 bits per heavy atom. The molecule has 0 radical (unpaired) electrons. The quantitative estimate of drug-likeness (QED) is 0.425. The summed E-state index contributed by atoms with van der Waals surface area (Å²) >= 11 is 0. The number of carboxylic acid groups (broad SMARTS) is 1. The second-order valence-corrected chi connectivity index (χ2v) is 9.99. The summed E-state index contributed by atoms with van der Waals surface area (Å²) in [6, 6.07) is 11.7. The maximum atomic E-state index is 14.7. The molecule has 1 unspecified atom stereocenters. The smallest absolute Gasteiger partial charge is 0.430 e. The molecule has 4 rings (SSSR count). The number of piperazine rings is 1. The minimum Gasteiger partial charge on any atom is -0.542 e. The van der Waals surface area contributed by atoms with E-state index in [-0.39, 0.29) is 29.6 Å². The number of carboxylic acids is 1. The predicted molar refractivity (Wildman–Crippen MR) is 142 cm³/mol. The van der Waals surface area contributed by atoms with Gasteiger partial charge < -0.3 is 24.4 Å². The molecule has 1 atom stereocenters. The minimum absolute atomic E-state index is 0.0742. The number of alkyl halides is 3. The minimum atomic E-state index is -5.19. The molecule has 2 aromatic carbocycles. The van der Waals surface area contributed by atoms with Gasteiger partial charge in [-0.15, -0.1) is 10.2 Å². The van der Waals surface area contributed by atoms with Gasteiger partial charge in [-0.1, -0.05) is 18.2 Å². The van der Waals surface area contributed by atoms with Crippen LogP contribution >= 0.6 is 0 Å². The fourth-order valence-corrected chi connectivity index (χ4v) is 4.42. The van der Waals surface area contributed by atoms with Crippen LogP contribution in [0.15, 0.2) is 47.3 Å². The van der Waals surface area contributed by atoms with Crippen LogP contribution in [0.2, 0.25) is 0 Å². The summed E-state index contributed by atoms with van der Waals surface area (Å²) in [6.45, 7) is 6.06. The van der Waals surface area contributed by atoms with Crippen LogP contribution < -0.4 is 20.5 Å². The van der Waals surface area contributed by atoms with E-state index in [1.807, 2.05) is 38.1 Å². The molecule has 0 aliphatic carbocycles. The Hall–Kier alpha value is -4.75. The van der Waals surface area contributed by atoms with Crippen LogP contribution in [0, 0.1) is 19.7 Å². The van der Waals surface area contributed by atoms with Crippen molar-refractivity contribution in [2.24, 2.45) is 0 Å². The van der Waals surface area contributed by atoms with Crippen molar-refractivity contribution in [2.45, 2.75) is 46.0 Å². The molecule has 0 spiro atoms. The van der Waals surface area contributed by atoms with Gasteiger partial charge in [-0.3, -0.25) is 14.4 Å². The molecule has 1 aromatic heterocycles. The van der Waals surface area contributed by atoms with E-state index in [0.29, 0.717) is 30.6 Å². The average Bonchev–Trinajstić information content (AvgIpc) is 2.96. The third-order valence-electron chi connectivity index (χ3n) is 7.02. The number of halogens is 4. The summed E-state index contributed by atoms with van der Waals surface area (Å²) in [5.41, 5.74) is 3.58. The number of rotatable bonds is 6. The molecular formula is C29H30F4N4O6. The maximum Gasteiger partial charge on any atom is 0.430 e. The van der Waals surface area contributed by atoms with Crippen LogP contribution in [0.1, 0.15) is 45.2 Å². The van der Waals surface area contributed by atoms with Crippen LogP contribution in [-0.4, -0.2) is 65.1 Å². The van der Waals surface area contributed by atoms with Gasteiger partial charge in [-0.2, -0.15) is 13.2 Å². The first-order valence-electron chi connectivity index (χ1n) is 13.0. The van der Waals surface area contributed by atoms with Gasteiger partial charge in [0.1, 0.15) is 24.1 Å². The molecule has 1 aliphatic rings. The maximum absolute atomic E-state index is 14.7. The lowest BCUT2D eigenvalue weighted by Crippen LogP contribution is -2.56. The fourth-order valence-electron chi connectivity index (χ4n) is 4.42. The average molecular weight is 607 g/mol.